The van der Waals surface area contributed by atoms with E-state index in [1.807, 2.05) is 191 Å². The van der Waals surface area contributed by atoms with Gasteiger partial charge in [-0.15, -0.1) is 34.0 Å². The quantitative estimate of drug-likeness (QED) is 0.0824. The Morgan fingerprint density at radius 2 is 0.812 bits per heavy atom. The summed E-state index contributed by atoms with van der Waals surface area (Å²) in [6, 6.07) is 59.5. The topological polar surface area (TPSA) is 194 Å². The smallest absolute Gasteiger partial charge is 0.228 e. The van der Waals surface area contributed by atoms with Crippen LogP contribution in [0, 0.1) is 19.7 Å². The fraction of sp³-hybridized carbons (Fsp3) is 0.132. The number of imidazole rings is 2. The number of nitrogens with zero attached hydrogens (tertiary/aromatic N) is 11. The molecular weight excluding hydrogens is 1350 g/mol. The first-order chi connectivity index (χ1) is 46.2. The first kappa shape index (κ1) is 70.9. The van der Waals surface area contributed by atoms with E-state index in [0.717, 1.165) is 80.0 Å². The van der Waals surface area contributed by atoms with Gasteiger partial charge in [0.15, 0.2) is 0 Å². The van der Waals surface area contributed by atoms with Crippen LogP contribution < -0.4 is 16.8 Å². The van der Waals surface area contributed by atoms with Gasteiger partial charge in [-0.05, 0) is 36.3 Å². The molecule has 0 spiro atoms. The zero-order chi connectivity index (χ0) is 65.6. The molecule has 8 heterocycles. The highest BCUT2D eigenvalue weighted by Crippen LogP contribution is 2.48. The summed E-state index contributed by atoms with van der Waals surface area (Å²) in [6.45, 7) is 35.3. The normalized spacial score (nSPS) is 10.4. The number of rotatable bonds is 15. The van der Waals surface area contributed by atoms with Gasteiger partial charge in [0.2, 0.25) is 34.2 Å². The lowest BCUT2D eigenvalue weighted by Gasteiger charge is -2.13. The number of nitrogen functional groups attached to an aromatic ring is 1. The summed E-state index contributed by atoms with van der Waals surface area (Å²) in [6.07, 6.45) is 15.3. The first-order valence-electron chi connectivity index (χ1n) is 30.5. The lowest BCUT2D eigenvalue weighted by atomic mass is 9.98. The fourth-order valence-corrected chi connectivity index (χ4v) is 10.8. The molecule has 17 nitrogen and oxygen atoms in total. The molecule has 0 fully saturated rings. The maximum atomic E-state index is 7.68. The molecule has 5 N–H and O–H groups in total. The summed E-state index contributed by atoms with van der Waals surface area (Å²) in [5.41, 5.74) is 23.6. The highest BCUT2D eigenvalue weighted by molar-refractivity contribution is 8.93. The molecule has 482 valence electrons. The Morgan fingerprint density at radius 1 is 0.469 bits per heavy atom. The van der Waals surface area contributed by atoms with Gasteiger partial charge < -0.3 is 44.1 Å². The largest absolute Gasteiger partial charge is 0.437 e. The van der Waals surface area contributed by atoms with E-state index in [0.29, 0.717) is 80.3 Å². The van der Waals surface area contributed by atoms with E-state index in [-0.39, 0.29) is 34.0 Å². The molecule has 0 saturated carbocycles. The van der Waals surface area contributed by atoms with Gasteiger partial charge >= 0.3 is 0 Å². The number of aromatic nitrogens is 7. The van der Waals surface area contributed by atoms with Gasteiger partial charge in [-0.3, -0.25) is 0 Å². The van der Waals surface area contributed by atoms with Crippen molar-refractivity contribution in [3.05, 3.63) is 277 Å². The average Bonchev–Trinajstić information content (AvgIpc) is 1.60. The third kappa shape index (κ3) is 16.7. The monoisotopic (exact) mass is 1420 g/mol. The molecule has 0 atom stereocenters. The lowest BCUT2D eigenvalue weighted by Crippen LogP contribution is -2.21. The van der Waals surface area contributed by atoms with Crippen molar-refractivity contribution in [2.45, 2.75) is 33.9 Å². The average molecular weight is 1420 g/mol. The number of hydrogen-bond acceptors (Lipinski definition) is 12. The molecule has 0 aliphatic carbocycles. The van der Waals surface area contributed by atoms with Gasteiger partial charge in [-0.2, -0.15) is 0 Å². The summed E-state index contributed by atoms with van der Waals surface area (Å²) in [5, 5.41) is 6.02. The minimum Gasteiger partial charge on any atom is -0.437 e. The third-order valence-electron chi connectivity index (χ3n) is 15.3. The zero-order valence-corrected chi connectivity index (χ0v) is 57.1. The number of hydrogen-bond donors (Lipinski definition) is 3. The van der Waals surface area contributed by atoms with Crippen LogP contribution in [0.25, 0.3) is 115 Å². The molecular formula is C76H69Br2ClN14O3. The molecule has 0 aliphatic rings. The van der Waals surface area contributed by atoms with Crippen molar-refractivity contribution in [1.29, 1.82) is 0 Å². The van der Waals surface area contributed by atoms with E-state index < -0.39 is 0 Å². The summed E-state index contributed by atoms with van der Waals surface area (Å²) >= 11 is 6.48. The van der Waals surface area contributed by atoms with Crippen molar-refractivity contribution in [3.8, 4) is 67.4 Å². The van der Waals surface area contributed by atoms with Crippen molar-refractivity contribution in [1.82, 2.24) is 39.0 Å². The van der Waals surface area contributed by atoms with Crippen LogP contribution in [0.1, 0.15) is 20.8 Å². The van der Waals surface area contributed by atoms with Crippen molar-refractivity contribution < 1.29 is 13.3 Å². The van der Waals surface area contributed by atoms with Gasteiger partial charge in [-0.1, -0.05) is 214 Å². The molecule has 0 amide bonds. The lowest BCUT2D eigenvalue weighted by molar-refractivity contribution is 0.321. The third-order valence-corrected chi connectivity index (χ3v) is 15.6. The predicted octanol–water partition coefficient (Wildman–Crippen LogP) is 20.0. The maximum Gasteiger partial charge on any atom is 0.228 e. The summed E-state index contributed by atoms with van der Waals surface area (Å²) in [5.74, 6) is 2.15. The van der Waals surface area contributed by atoms with Crippen molar-refractivity contribution in [2.24, 2.45) is 5.73 Å². The minimum atomic E-state index is 0. The Morgan fingerprint density at radius 3 is 1.18 bits per heavy atom. The SMILES string of the molecule is Br.Br.CCN(CC)CC.NCCn1ccnc1.[C-]#[N+]c1cnc2oc(-c3ccccc3)c(-c3ccccc3)c2c1Cl.[C-]#[N+]c1cnc2oc(-c3ccccc3)c(-c3ccccc3)c2c1N.[C-]#[N+]c1cnc2oc(-c3ccccc3)c(-c3ccccc3)c2c1NCCn1ccnc1. The Hall–Kier alpha value is -11.0. The van der Waals surface area contributed by atoms with E-state index in [2.05, 4.69) is 82.6 Å². The Balaban J connectivity index is 0.000000166. The predicted molar refractivity (Wildman–Crippen MR) is 399 cm³/mol. The number of fused-ring (bicyclic) bond motifs is 3. The Bertz CT molecular complexity index is 4660. The van der Waals surface area contributed by atoms with Crippen LogP contribution in [0.3, 0.4) is 0 Å². The van der Waals surface area contributed by atoms with Crippen molar-refractivity contribution in [2.75, 3.05) is 43.8 Å². The molecule has 0 unspecified atom stereocenters. The van der Waals surface area contributed by atoms with E-state index in [4.69, 9.17) is 56.0 Å². The molecule has 20 heteroatoms. The highest BCUT2D eigenvalue weighted by atomic mass is 79.9. The van der Waals surface area contributed by atoms with E-state index >= 15 is 0 Å². The van der Waals surface area contributed by atoms with Crippen LogP contribution >= 0.6 is 45.6 Å². The second-order valence-corrected chi connectivity index (χ2v) is 21.3. The van der Waals surface area contributed by atoms with E-state index in [1.54, 1.807) is 31.2 Å². The molecule has 6 aromatic carbocycles. The van der Waals surface area contributed by atoms with Crippen LogP contribution in [-0.4, -0.2) is 71.7 Å². The van der Waals surface area contributed by atoms with Crippen LogP contribution in [-0.2, 0) is 13.1 Å². The Labute approximate surface area is 583 Å². The summed E-state index contributed by atoms with van der Waals surface area (Å²) in [7, 11) is 0. The number of halogens is 3. The zero-order valence-electron chi connectivity index (χ0n) is 53.0. The highest BCUT2D eigenvalue weighted by Gasteiger charge is 2.26. The molecule has 0 saturated heterocycles. The molecule has 0 radical (unpaired) electrons. The van der Waals surface area contributed by atoms with Gasteiger partial charge in [0.1, 0.15) is 17.3 Å². The van der Waals surface area contributed by atoms with Gasteiger partial charge in [-0.25, -0.2) is 39.5 Å². The second-order valence-electron chi connectivity index (χ2n) is 21.0. The number of anilines is 2. The molecule has 14 rings (SSSR count). The number of benzene rings is 6. The van der Waals surface area contributed by atoms with Crippen LogP contribution in [0.4, 0.5) is 28.4 Å². The van der Waals surface area contributed by atoms with E-state index in [9.17, 15) is 0 Å². The number of furan rings is 3. The second kappa shape index (κ2) is 35.4. The molecule has 0 bridgehead atoms. The van der Waals surface area contributed by atoms with Crippen LogP contribution in [0.2, 0.25) is 5.02 Å². The maximum absolute atomic E-state index is 7.68. The van der Waals surface area contributed by atoms with Crippen molar-refractivity contribution >= 4 is 107 Å². The summed E-state index contributed by atoms with van der Waals surface area (Å²) < 4.78 is 22.2. The standard InChI is InChI=1S/C25H19N5O.C20H11ClN2O.C20H13N3O.C6H15N.C5H9N3.2BrH/c1-26-20-16-29-25-22(23(20)28-13-15-30-14-12-27-17-30)21(18-8-4-2-5-9-18)24(31-25)19-10-6-3-7-11-19;2*1-22-15-12-23-20-17(18(15)21)16(13-8-4-2-5-9-13)19(24-20)14-10-6-3-7-11-14;1-4-7(5-2)6-3;6-1-3-8-4-2-7-5-8;;/h2-12,14,16-17H,13,15H2,(H,28,29);2-12H;2-12H,(H2,21,23);4-6H2,1-3H3;2,4-5H,1,3,6H2;2*1H. The number of nitrogens with two attached hydrogens (primary N) is 2. The van der Waals surface area contributed by atoms with Gasteiger partial charge in [0, 0.05) is 103 Å². The fourth-order valence-electron chi connectivity index (χ4n) is 10.6. The Kier molecular flexibility index (Phi) is 26.1. The van der Waals surface area contributed by atoms with E-state index in [1.165, 1.54) is 32.0 Å². The van der Waals surface area contributed by atoms with Gasteiger partial charge in [0.05, 0.1) is 64.9 Å². The first-order valence-corrected chi connectivity index (χ1v) is 30.9. The number of pyridine rings is 3. The van der Waals surface area contributed by atoms with Gasteiger partial charge in [0.25, 0.3) is 0 Å². The minimum absolute atomic E-state index is 0. The number of nitrogens with one attached hydrogen (secondary N) is 1. The van der Waals surface area contributed by atoms with Crippen LogP contribution in [0.5, 0.6) is 0 Å². The molecule has 96 heavy (non-hydrogen) atoms. The molecule has 0 aliphatic heterocycles. The van der Waals surface area contributed by atoms with Crippen LogP contribution in [0.15, 0.2) is 251 Å². The molecule has 14 aromatic rings. The summed E-state index contributed by atoms with van der Waals surface area (Å²) in [4.78, 5) is 34.0. The molecule has 8 aromatic heterocycles. The van der Waals surface area contributed by atoms with Crippen molar-refractivity contribution in [3.63, 3.8) is 0 Å².